The Kier molecular flexibility index (Phi) is 4.09. The van der Waals surface area contributed by atoms with E-state index in [2.05, 4.69) is 17.3 Å². The smallest absolute Gasteiger partial charge is 0.164 e. The Morgan fingerprint density at radius 1 is 1.56 bits per heavy atom. The first-order valence-electron chi connectivity index (χ1n) is 6.27. The third kappa shape index (κ3) is 3.15. The molecule has 98 valence electrons. The van der Waals surface area contributed by atoms with Gasteiger partial charge >= 0.3 is 0 Å². The number of aryl methyl sites for hydroxylation is 1. The molecular weight excluding hydrogens is 231 g/mol. The Bertz CT molecular complexity index is 447. The number of piperazine rings is 1. The van der Waals surface area contributed by atoms with Crippen LogP contribution in [0.1, 0.15) is 22.3 Å². The fourth-order valence-corrected chi connectivity index (χ4v) is 2.29. The van der Waals surface area contributed by atoms with Crippen LogP contribution >= 0.6 is 0 Å². The van der Waals surface area contributed by atoms with Crippen LogP contribution in [0.3, 0.4) is 0 Å². The van der Waals surface area contributed by atoms with Gasteiger partial charge in [-0.25, -0.2) is 4.39 Å². The van der Waals surface area contributed by atoms with E-state index in [1.165, 1.54) is 6.07 Å². The Morgan fingerprint density at radius 3 is 3.00 bits per heavy atom. The van der Waals surface area contributed by atoms with Gasteiger partial charge in [0.05, 0.1) is 0 Å². The fourth-order valence-electron chi connectivity index (χ4n) is 2.29. The molecular formula is C14H19FN2O. The number of rotatable bonds is 3. The molecule has 4 heteroatoms. The highest BCUT2D eigenvalue weighted by molar-refractivity contribution is 5.96. The van der Waals surface area contributed by atoms with Crippen molar-refractivity contribution in [2.24, 2.45) is 0 Å². The minimum absolute atomic E-state index is 0.0749. The van der Waals surface area contributed by atoms with E-state index in [0.29, 0.717) is 17.5 Å². The van der Waals surface area contributed by atoms with Crippen molar-refractivity contribution in [1.82, 2.24) is 10.2 Å². The molecule has 0 amide bonds. The fraction of sp³-hybridized carbons (Fsp3) is 0.500. The minimum Gasteiger partial charge on any atom is -0.311 e. The molecule has 18 heavy (non-hydrogen) atoms. The van der Waals surface area contributed by atoms with Crippen molar-refractivity contribution in [3.8, 4) is 0 Å². The Morgan fingerprint density at radius 2 is 2.33 bits per heavy atom. The molecule has 1 aromatic carbocycles. The number of nitrogens with one attached hydrogen (secondary N) is 1. The number of benzene rings is 1. The zero-order valence-corrected chi connectivity index (χ0v) is 10.9. The Labute approximate surface area is 107 Å². The van der Waals surface area contributed by atoms with E-state index in [0.717, 1.165) is 19.6 Å². The lowest BCUT2D eigenvalue weighted by atomic mass is 10.0. The maximum absolute atomic E-state index is 13.1. The van der Waals surface area contributed by atoms with Gasteiger partial charge in [0, 0.05) is 37.7 Å². The SMILES string of the molecule is Cc1cc(C(=O)CC2CN(C)CCN2)ccc1F. The number of carbonyl (C=O) groups is 1. The van der Waals surface area contributed by atoms with Crippen LogP contribution in [0.4, 0.5) is 4.39 Å². The number of halogens is 1. The van der Waals surface area contributed by atoms with Gasteiger partial charge in [-0.2, -0.15) is 0 Å². The van der Waals surface area contributed by atoms with E-state index in [-0.39, 0.29) is 17.6 Å². The maximum atomic E-state index is 13.1. The summed E-state index contributed by atoms with van der Waals surface area (Å²) in [5.74, 6) is -0.187. The summed E-state index contributed by atoms with van der Waals surface area (Å²) in [6.07, 6.45) is 0.468. The molecule has 2 rings (SSSR count). The van der Waals surface area contributed by atoms with Gasteiger partial charge in [-0.15, -0.1) is 0 Å². The number of hydrogen-bond donors (Lipinski definition) is 1. The monoisotopic (exact) mass is 250 g/mol. The summed E-state index contributed by atoms with van der Waals surface area (Å²) >= 11 is 0. The largest absolute Gasteiger partial charge is 0.311 e. The summed E-state index contributed by atoms with van der Waals surface area (Å²) in [6.45, 7) is 4.49. The number of likely N-dealkylation sites (N-methyl/N-ethyl adjacent to an activating group) is 1. The van der Waals surface area contributed by atoms with Gasteiger partial charge in [-0.1, -0.05) is 0 Å². The van der Waals surface area contributed by atoms with Gasteiger partial charge in [0.15, 0.2) is 5.78 Å². The molecule has 1 N–H and O–H groups in total. The van der Waals surface area contributed by atoms with Gasteiger partial charge in [0.2, 0.25) is 0 Å². The Balaban J connectivity index is 2.00. The third-order valence-electron chi connectivity index (χ3n) is 3.37. The number of nitrogens with zero attached hydrogens (tertiary/aromatic N) is 1. The average molecular weight is 250 g/mol. The standard InChI is InChI=1S/C14H19FN2O/c1-10-7-11(3-4-13(10)15)14(18)8-12-9-17(2)6-5-16-12/h3-4,7,12,16H,5-6,8-9H2,1-2H3. The lowest BCUT2D eigenvalue weighted by molar-refractivity contribution is 0.0952. The first-order valence-corrected chi connectivity index (χ1v) is 6.27. The predicted molar refractivity (Wildman–Crippen MR) is 69.4 cm³/mol. The molecule has 1 atom stereocenters. The van der Waals surface area contributed by atoms with Crippen LogP contribution in [-0.2, 0) is 0 Å². The van der Waals surface area contributed by atoms with Gasteiger partial charge < -0.3 is 10.2 Å². The Hall–Kier alpha value is -1.26. The summed E-state index contributed by atoms with van der Waals surface area (Å²) < 4.78 is 13.1. The zero-order chi connectivity index (χ0) is 13.1. The number of ketones is 1. The lowest BCUT2D eigenvalue weighted by Gasteiger charge is -2.30. The quantitative estimate of drug-likeness (QED) is 0.827. The molecule has 1 aliphatic rings. The van der Waals surface area contributed by atoms with E-state index in [1.54, 1.807) is 19.1 Å². The van der Waals surface area contributed by atoms with Crippen LogP contribution < -0.4 is 5.32 Å². The van der Waals surface area contributed by atoms with E-state index in [1.807, 2.05) is 0 Å². The van der Waals surface area contributed by atoms with Crippen LogP contribution in [0.25, 0.3) is 0 Å². The first-order chi connectivity index (χ1) is 8.56. The second kappa shape index (κ2) is 5.59. The molecule has 0 aromatic heterocycles. The van der Waals surface area contributed by atoms with Crippen molar-refractivity contribution in [2.45, 2.75) is 19.4 Å². The third-order valence-corrected chi connectivity index (χ3v) is 3.37. The molecule has 0 spiro atoms. The molecule has 1 saturated heterocycles. The summed E-state index contributed by atoms with van der Waals surface area (Å²) in [5.41, 5.74) is 1.12. The number of hydrogen-bond acceptors (Lipinski definition) is 3. The van der Waals surface area contributed by atoms with Crippen molar-refractivity contribution in [1.29, 1.82) is 0 Å². The van der Waals surface area contributed by atoms with Gasteiger partial charge in [-0.05, 0) is 37.7 Å². The van der Waals surface area contributed by atoms with Crippen LogP contribution in [0.15, 0.2) is 18.2 Å². The zero-order valence-electron chi connectivity index (χ0n) is 10.9. The average Bonchev–Trinajstić information content (AvgIpc) is 2.32. The van der Waals surface area contributed by atoms with Gasteiger partial charge in [-0.3, -0.25) is 4.79 Å². The molecule has 1 aliphatic heterocycles. The van der Waals surface area contributed by atoms with Gasteiger partial charge in [0.25, 0.3) is 0 Å². The highest BCUT2D eigenvalue weighted by Gasteiger charge is 2.20. The van der Waals surface area contributed by atoms with Crippen molar-refractivity contribution >= 4 is 5.78 Å². The molecule has 1 aromatic rings. The topological polar surface area (TPSA) is 32.3 Å². The molecule has 0 saturated carbocycles. The van der Waals surface area contributed by atoms with Crippen molar-refractivity contribution in [3.63, 3.8) is 0 Å². The predicted octanol–water partition coefficient (Wildman–Crippen LogP) is 1.61. The highest BCUT2D eigenvalue weighted by atomic mass is 19.1. The van der Waals surface area contributed by atoms with Gasteiger partial charge in [0.1, 0.15) is 5.82 Å². The van der Waals surface area contributed by atoms with E-state index in [9.17, 15) is 9.18 Å². The highest BCUT2D eigenvalue weighted by Crippen LogP contribution is 2.13. The molecule has 1 fully saturated rings. The lowest BCUT2D eigenvalue weighted by Crippen LogP contribution is -2.49. The summed E-state index contributed by atoms with van der Waals surface area (Å²) in [7, 11) is 2.06. The molecule has 3 nitrogen and oxygen atoms in total. The second-order valence-corrected chi connectivity index (χ2v) is 5.00. The van der Waals surface area contributed by atoms with Crippen molar-refractivity contribution in [3.05, 3.63) is 35.1 Å². The van der Waals surface area contributed by atoms with E-state index in [4.69, 9.17) is 0 Å². The van der Waals surface area contributed by atoms with Crippen molar-refractivity contribution < 1.29 is 9.18 Å². The van der Waals surface area contributed by atoms with Crippen molar-refractivity contribution in [2.75, 3.05) is 26.7 Å². The molecule has 0 aliphatic carbocycles. The summed E-state index contributed by atoms with van der Waals surface area (Å²) in [5, 5.41) is 3.34. The van der Waals surface area contributed by atoms with Crippen LogP contribution in [0.2, 0.25) is 0 Å². The molecule has 0 bridgehead atoms. The number of carbonyl (C=O) groups excluding carboxylic acids is 1. The minimum atomic E-state index is -0.262. The van der Waals surface area contributed by atoms with Crippen LogP contribution in [0.5, 0.6) is 0 Å². The second-order valence-electron chi connectivity index (χ2n) is 5.00. The van der Waals surface area contributed by atoms with E-state index >= 15 is 0 Å². The van der Waals surface area contributed by atoms with Crippen LogP contribution in [-0.4, -0.2) is 43.4 Å². The van der Waals surface area contributed by atoms with Crippen LogP contribution in [0, 0.1) is 12.7 Å². The maximum Gasteiger partial charge on any atom is 0.164 e. The molecule has 1 heterocycles. The van der Waals surface area contributed by atoms with E-state index < -0.39 is 0 Å². The normalized spacial score (nSPS) is 20.9. The molecule has 0 radical (unpaired) electrons. The number of Topliss-reactive ketones (excluding diaryl/α,β-unsaturated/α-hetero) is 1. The summed E-state index contributed by atoms with van der Waals surface area (Å²) in [4.78, 5) is 14.3. The first kappa shape index (κ1) is 13.2. The summed E-state index contributed by atoms with van der Waals surface area (Å²) in [6, 6.07) is 4.76. The molecule has 1 unspecified atom stereocenters.